The Hall–Kier alpha value is -1.18. The molecule has 0 rings (SSSR count). The molecule has 0 aromatic carbocycles. The lowest BCUT2D eigenvalue weighted by molar-refractivity contribution is -0.326. The zero-order valence-corrected chi connectivity index (χ0v) is 17.6. The van der Waals surface area contributed by atoms with Crippen LogP contribution < -0.4 is 0 Å². The van der Waals surface area contributed by atoms with Gasteiger partial charge >= 0.3 is 11.9 Å². The van der Waals surface area contributed by atoms with Crippen molar-refractivity contribution in [2.45, 2.75) is 104 Å². The minimum absolute atomic E-state index is 0.0481. The molecule has 0 aliphatic heterocycles. The van der Waals surface area contributed by atoms with Crippen molar-refractivity contribution in [3.63, 3.8) is 0 Å². The first-order valence-corrected chi connectivity index (χ1v) is 10.1. The van der Waals surface area contributed by atoms with Gasteiger partial charge in [0.2, 0.25) is 0 Å². The molecule has 0 spiro atoms. The van der Waals surface area contributed by atoms with Gasteiger partial charge in [0.05, 0.1) is 6.10 Å². The zero-order valence-electron chi connectivity index (χ0n) is 17.6. The normalized spacial score (nSPS) is 13.9. The molecule has 2 unspecified atom stereocenters. The summed E-state index contributed by atoms with van der Waals surface area (Å²) in [6, 6.07) is 0. The first kappa shape index (κ1) is 25.8. The molecule has 0 aromatic rings. The summed E-state index contributed by atoms with van der Waals surface area (Å²) >= 11 is 0. The van der Waals surface area contributed by atoms with Crippen LogP contribution in [0.4, 0.5) is 0 Å². The lowest BCUT2D eigenvalue weighted by atomic mass is 10.0. The molecule has 0 radical (unpaired) electrons. The Kier molecular flexibility index (Phi) is 14.2. The summed E-state index contributed by atoms with van der Waals surface area (Å²) in [5, 5.41) is 9.51. The van der Waals surface area contributed by atoms with E-state index in [9.17, 15) is 14.7 Å². The molecular weight excluding hydrogens is 352 g/mol. The second-order valence-electron chi connectivity index (χ2n) is 7.46. The molecule has 2 atom stereocenters. The van der Waals surface area contributed by atoms with Crippen molar-refractivity contribution in [3.8, 4) is 0 Å². The van der Waals surface area contributed by atoms with Gasteiger partial charge in [0.15, 0.2) is 6.10 Å². The van der Waals surface area contributed by atoms with Crippen LogP contribution in [-0.2, 0) is 28.8 Å². The summed E-state index contributed by atoms with van der Waals surface area (Å²) in [4.78, 5) is 34.1. The second kappa shape index (κ2) is 14.8. The fourth-order valence-corrected chi connectivity index (χ4v) is 2.60. The van der Waals surface area contributed by atoms with Crippen molar-refractivity contribution >= 4 is 11.9 Å². The molecule has 7 nitrogen and oxygen atoms in total. The van der Waals surface area contributed by atoms with Crippen molar-refractivity contribution in [1.29, 1.82) is 0 Å². The molecule has 7 heteroatoms. The number of carbonyl (C=O) groups excluding carboxylic acids is 2. The third-order valence-corrected chi connectivity index (χ3v) is 3.85. The number of aliphatic hydroxyl groups excluding tert-OH is 1. The highest BCUT2D eigenvalue weighted by molar-refractivity contribution is 5.75. The van der Waals surface area contributed by atoms with Gasteiger partial charge in [0, 0.05) is 12.8 Å². The van der Waals surface area contributed by atoms with Crippen LogP contribution in [0, 0.1) is 0 Å². The Morgan fingerprint density at radius 3 is 2.30 bits per heavy atom. The highest BCUT2D eigenvalue weighted by atomic mass is 17.2. The van der Waals surface area contributed by atoms with Crippen molar-refractivity contribution in [1.82, 2.24) is 0 Å². The van der Waals surface area contributed by atoms with Gasteiger partial charge in [-0.2, -0.15) is 0 Å². The monoisotopic (exact) mass is 390 g/mol. The third-order valence-electron chi connectivity index (χ3n) is 3.85. The van der Waals surface area contributed by atoms with E-state index >= 15 is 0 Å². The largest absolute Gasteiger partial charge is 0.463 e. The quantitative estimate of drug-likeness (QED) is 0.186. The molecule has 0 aliphatic carbocycles. The minimum atomic E-state index is -0.849. The summed E-state index contributed by atoms with van der Waals surface area (Å²) in [5.74, 6) is -0.778. The maximum absolute atomic E-state index is 12.4. The summed E-state index contributed by atoms with van der Waals surface area (Å²) in [7, 11) is 0. The van der Waals surface area contributed by atoms with Crippen LogP contribution in [0.15, 0.2) is 0 Å². The average Bonchev–Trinajstić information content (AvgIpc) is 2.55. The Balaban J connectivity index is 4.26. The predicted octanol–water partition coefficient (Wildman–Crippen LogP) is 3.71. The molecule has 0 heterocycles. The predicted molar refractivity (Wildman–Crippen MR) is 102 cm³/mol. The summed E-state index contributed by atoms with van der Waals surface area (Å²) in [5.41, 5.74) is -0.799. The Bertz CT molecular complexity index is 407. The standard InChI is InChI=1S/C20H38O7/c1-6-8-10-12-18(22)24-13-14-25-27-17(11-9-7-2)19(23)26-20(4,5)15-16(3)21/h16-17,21H,6-15H2,1-5H3. The highest BCUT2D eigenvalue weighted by Gasteiger charge is 2.30. The van der Waals surface area contributed by atoms with Crippen LogP contribution in [0.1, 0.15) is 86.0 Å². The van der Waals surface area contributed by atoms with Gasteiger partial charge in [-0.15, -0.1) is 0 Å². The van der Waals surface area contributed by atoms with Gasteiger partial charge in [-0.1, -0.05) is 39.5 Å². The Morgan fingerprint density at radius 2 is 1.70 bits per heavy atom. The first-order valence-electron chi connectivity index (χ1n) is 10.1. The second-order valence-corrected chi connectivity index (χ2v) is 7.46. The van der Waals surface area contributed by atoms with Crippen LogP contribution in [0.3, 0.4) is 0 Å². The molecule has 27 heavy (non-hydrogen) atoms. The van der Waals surface area contributed by atoms with E-state index in [0.717, 1.165) is 32.1 Å². The van der Waals surface area contributed by atoms with Gasteiger partial charge in [-0.25, -0.2) is 14.6 Å². The van der Waals surface area contributed by atoms with Gasteiger partial charge in [0.1, 0.15) is 18.8 Å². The lowest BCUT2D eigenvalue weighted by Crippen LogP contribution is -2.37. The third kappa shape index (κ3) is 14.5. The summed E-state index contributed by atoms with van der Waals surface area (Å²) < 4.78 is 10.5. The van der Waals surface area contributed by atoms with E-state index in [0.29, 0.717) is 19.3 Å². The van der Waals surface area contributed by atoms with E-state index in [1.54, 1.807) is 20.8 Å². The molecular formula is C20H38O7. The van der Waals surface area contributed by atoms with Crippen LogP contribution in [0.5, 0.6) is 0 Å². The molecule has 0 bridgehead atoms. The minimum Gasteiger partial charge on any atom is -0.463 e. The van der Waals surface area contributed by atoms with Crippen LogP contribution >= 0.6 is 0 Å². The van der Waals surface area contributed by atoms with E-state index < -0.39 is 23.8 Å². The smallest absolute Gasteiger partial charge is 0.339 e. The number of esters is 2. The summed E-state index contributed by atoms with van der Waals surface area (Å²) in [6.45, 7) is 9.34. The van der Waals surface area contributed by atoms with E-state index in [1.807, 2.05) is 6.92 Å². The first-order chi connectivity index (χ1) is 12.7. The fourth-order valence-electron chi connectivity index (χ4n) is 2.60. The van der Waals surface area contributed by atoms with Crippen molar-refractivity contribution < 1.29 is 33.9 Å². The van der Waals surface area contributed by atoms with E-state index in [-0.39, 0.29) is 19.2 Å². The molecule has 0 fully saturated rings. The Morgan fingerprint density at radius 1 is 1.04 bits per heavy atom. The van der Waals surface area contributed by atoms with Crippen LogP contribution in [-0.4, -0.2) is 48.1 Å². The van der Waals surface area contributed by atoms with Crippen molar-refractivity contribution in [2.75, 3.05) is 13.2 Å². The molecule has 0 aromatic heterocycles. The van der Waals surface area contributed by atoms with Gasteiger partial charge in [-0.3, -0.25) is 4.79 Å². The molecule has 160 valence electrons. The fraction of sp³-hybridized carbons (Fsp3) is 0.900. The van der Waals surface area contributed by atoms with E-state index in [1.165, 1.54) is 0 Å². The number of carbonyl (C=O) groups is 2. The van der Waals surface area contributed by atoms with E-state index in [2.05, 4.69) is 6.92 Å². The summed E-state index contributed by atoms with van der Waals surface area (Å²) in [6.07, 6.45) is 4.33. The molecule has 1 N–H and O–H groups in total. The molecule has 0 amide bonds. The van der Waals surface area contributed by atoms with Crippen molar-refractivity contribution in [2.24, 2.45) is 0 Å². The number of unbranched alkanes of at least 4 members (excludes halogenated alkanes) is 3. The molecule has 0 aliphatic rings. The number of ether oxygens (including phenoxy) is 2. The van der Waals surface area contributed by atoms with Crippen molar-refractivity contribution in [3.05, 3.63) is 0 Å². The highest BCUT2D eigenvalue weighted by Crippen LogP contribution is 2.20. The topological polar surface area (TPSA) is 91.3 Å². The maximum Gasteiger partial charge on any atom is 0.339 e. The lowest BCUT2D eigenvalue weighted by Gasteiger charge is -2.28. The zero-order chi connectivity index (χ0) is 20.7. The number of hydrogen-bond acceptors (Lipinski definition) is 7. The van der Waals surface area contributed by atoms with E-state index in [4.69, 9.17) is 19.2 Å². The SMILES string of the molecule is CCCCCC(=O)OCCOOC(CCCC)C(=O)OC(C)(C)CC(C)O. The van der Waals surface area contributed by atoms with Gasteiger partial charge < -0.3 is 14.6 Å². The number of rotatable bonds is 16. The van der Waals surface area contributed by atoms with Crippen LogP contribution in [0.25, 0.3) is 0 Å². The molecule has 0 saturated heterocycles. The number of aliphatic hydroxyl groups is 1. The number of hydrogen-bond donors (Lipinski definition) is 1. The molecule has 0 saturated carbocycles. The maximum atomic E-state index is 12.4. The van der Waals surface area contributed by atoms with Gasteiger partial charge in [0.25, 0.3) is 0 Å². The van der Waals surface area contributed by atoms with Crippen LogP contribution in [0.2, 0.25) is 0 Å². The Labute approximate surface area is 163 Å². The average molecular weight is 391 g/mol. The van der Waals surface area contributed by atoms with Gasteiger partial charge in [-0.05, 0) is 33.6 Å².